The van der Waals surface area contributed by atoms with Gasteiger partial charge in [-0.3, -0.25) is 4.79 Å². The summed E-state index contributed by atoms with van der Waals surface area (Å²) in [6, 6.07) is 5.62. The number of hydrogen-bond donors (Lipinski definition) is 2. The highest BCUT2D eigenvalue weighted by molar-refractivity contribution is 9.10. The van der Waals surface area contributed by atoms with Crippen molar-refractivity contribution in [2.45, 2.75) is 17.7 Å². The third kappa shape index (κ3) is 4.24. The van der Waals surface area contributed by atoms with Crippen LogP contribution in [0.4, 0.5) is 5.69 Å². The van der Waals surface area contributed by atoms with E-state index in [2.05, 4.69) is 21.2 Å². The maximum Gasteiger partial charge on any atom is 0.230 e. The quantitative estimate of drug-likeness (QED) is 0.649. The van der Waals surface area contributed by atoms with Crippen molar-refractivity contribution in [2.75, 3.05) is 18.0 Å². The van der Waals surface area contributed by atoms with Gasteiger partial charge in [0.05, 0.1) is 5.75 Å². The first kappa shape index (κ1) is 12.8. The highest BCUT2D eigenvalue weighted by atomic mass is 79.9. The molecule has 1 saturated carbocycles. The largest absolute Gasteiger partial charge is 0.399 e. The third-order valence-corrected chi connectivity index (χ3v) is 4.59. The van der Waals surface area contributed by atoms with Crippen LogP contribution in [-0.4, -0.2) is 18.2 Å². The second-order valence-corrected chi connectivity index (χ2v) is 6.10. The summed E-state index contributed by atoms with van der Waals surface area (Å²) in [5.41, 5.74) is 6.37. The van der Waals surface area contributed by atoms with Gasteiger partial charge >= 0.3 is 0 Å². The smallest absolute Gasteiger partial charge is 0.230 e. The normalized spacial score (nSPS) is 14.6. The van der Waals surface area contributed by atoms with Crippen molar-refractivity contribution in [3.63, 3.8) is 0 Å². The third-order valence-electron chi connectivity index (χ3n) is 2.60. The van der Waals surface area contributed by atoms with Crippen molar-refractivity contribution in [3.05, 3.63) is 22.7 Å². The van der Waals surface area contributed by atoms with Crippen molar-refractivity contribution in [1.29, 1.82) is 0 Å². The summed E-state index contributed by atoms with van der Waals surface area (Å²) >= 11 is 4.96. The van der Waals surface area contributed by atoms with Gasteiger partial charge in [-0.2, -0.15) is 0 Å². The second-order valence-electron chi connectivity index (χ2n) is 4.23. The number of nitrogens with two attached hydrogens (primary N) is 1. The topological polar surface area (TPSA) is 55.1 Å². The van der Waals surface area contributed by atoms with E-state index in [0.717, 1.165) is 27.5 Å². The van der Waals surface area contributed by atoms with Crippen LogP contribution in [0.5, 0.6) is 0 Å². The number of halogens is 1. The van der Waals surface area contributed by atoms with Gasteiger partial charge in [-0.05, 0) is 52.9 Å². The van der Waals surface area contributed by atoms with Crippen LogP contribution < -0.4 is 11.1 Å². The first-order valence-electron chi connectivity index (χ1n) is 5.59. The molecule has 0 bridgehead atoms. The Labute approximate surface area is 114 Å². The van der Waals surface area contributed by atoms with Gasteiger partial charge in [0.15, 0.2) is 0 Å². The SMILES string of the molecule is Nc1ccc(SCC(=O)NCC2CC2)c(Br)c1. The number of carbonyl (C=O) groups excluding carboxylic acids is 1. The van der Waals surface area contributed by atoms with Gasteiger partial charge in [0, 0.05) is 21.6 Å². The highest BCUT2D eigenvalue weighted by Gasteiger charge is 2.21. The maximum atomic E-state index is 11.6. The molecule has 17 heavy (non-hydrogen) atoms. The van der Waals surface area contributed by atoms with E-state index in [4.69, 9.17) is 5.73 Å². The molecule has 0 radical (unpaired) electrons. The summed E-state index contributed by atoms with van der Waals surface area (Å²) in [5.74, 6) is 1.28. The first-order chi connectivity index (χ1) is 8.15. The molecule has 0 heterocycles. The number of thioether (sulfide) groups is 1. The molecule has 0 unspecified atom stereocenters. The molecule has 0 spiro atoms. The molecular formula is C12H15BrN2OS. The molecule has 92 valence electrons. The minimum atomic E-state index is 0.102. The van der Waals surface area contributed by atoms with Gasteiger partial charge in [-0.25, -0.2) is 0 Å². The maximum absolute atomic E-state index is 11.6. The van der Waals surface area contributed by atoms with Crippen molar-refractivity contribution in [1.82, 2.24) is 5.32 Å². The van der Waals surface area contributed by atoms with Gasteiger partial charge in [0.1, 0.15) is 0 Å². The molecule has 0 atom stereocenters. The van der Waals surface area contributed by atoms with Crippen molar-refractivity contribution in [3.8, 4) is 0 Å². The van der Waals surface area contributed by atoms with Crippen molar-refractivity contribution >= 4 is 39.3 Å². The standard InChI is InChI=1S/C12H15BrN2OS/c13-10-5-9(14)3-4-11(10)17-7-12(16)15-6-8-1-2-8/h3-5,8H,1-2,6-7,14H2,(H,15,16). The van der Waals surface area contributed by atoms with E-state index in [1.54, 1.807) is 0 Å². The summed E-state index contributed by atoms with van der Waals surface area (Å²) in [7, 11) is 0. The van der Waals surface area contributed by atoms with Crippen LogP contribution in [0, 0.1) is 5.92 Å². The van der Waals surface area contributed by atoms with E-state index in [1.165, 1.54) is 24.6 Å². The number of anilines is 1. The summed E-state index contributed by atoms with van der Waals surface area (Å²) in [6.07, 6.45) is 2.52. The zero-order valence-electron chi connectivity index (χ0n) is 9.41. The summed E-state index contributed by atoms with van der Waals surface area (Å²) in [6.45, 7) is 0.836. The Bertz CT molecular complexity index is 421. The van der Waals surface area contributed by atoms with Crippen LogP contribution in [0.3, 0.4) is 0 Å². The predicted octanol–water partition coefficient (Wildman–Crippen LogP) is 2.65. The van der Waals surface area contributed by atoms with Gasteiger partial charge in [-0.15, -0.1) is 11.8 Å². The van der Waals surface area contributed by atoms with Crippen LogP contribution in [-0.2, 0) is 4.79 Å². The number of nitrogens with one attached hydrogen (secondary N) is 1. The second kappa shape index (κ2) is 5.78. The Morgan fingerprint density at radius 1 is 1.53 bits per heavy atom. The van der Waals surface area contributed by atoms with E-state index in [1.807, 2.05) is 18.2 Å². The minimum Gasteiger partial charge on any atom is -0.399 e. The predicted molar refractivity (Wildman–Crippen MR) is 75.0 cm³/mol. The van der Waals surface area contributed by atoms with Gasteiger partial charge in [0.2, 0.25) is 5.91 Å². The summed E-state index contributed by atoms with van der Waals surface area (Å²) in [4.78, 5) is 12.6. The van der Waals surface area contributed by atoms with Crippen molar-refractivity contribution in [2.24, 2.45) is 5.92 Å². The fourth-order valence-electron chi connectivity index (χ4n) is 1.41. The molecule has 1 aliphatic rings. The molecular weight excluding hydrogens is 300 g/mol. The zero-order valence-corrected chi connectivity index (χ0v) is 11.8. The molecule has 0 saturated heterocycles. The average Bonchev–Trinajstić information content (AvgIpc) is 3.09. The van der Waals surface area contributed by atoms with Crippen LogP contribution in [0.15, 0.2) is 27.6 Å². The zero-order chi connectivity index (χ0) is 12.3. The summed E-state index contributed by atoms with van der Waals surface area (Å²) in [5, 5.41) is 2.95. The monoisotopic (exact) mass is 314 g/mol. The molecule has 1 amide bonds. The molecule has 0 aliphatic heterocycles. The number of amides is 1. The number of rotatable bonds is 5. The molecule has 5 heteroatoms. The van der Waals surface area contributed by atoms with Gasteiger partial charge in [-0.1, -0.05) is 0 Å². The van der Waals surface area contributed by atoms with Crippen LogP contribution in [0.1, 0.15) is 12.8 Å². The van der Waals surface area contributed by atoms with Crippen LogP contribution >= 0.6 is 27.7 Å². The molecule has 3 N–H and O–H groups in total. The molecule has 0 aromatic heterocycles. The number of carbonyl (C=O) groups is 1. The molecule has 1 aliphatic carbocycles. The van der Waals surface area contributed by atoms with E-state index < -0.39 is 0 Å². The fraction of sp³-hybridized carbons (Fsp3) is 0.417. The molecule has 1 aromatic carbocycles. The van der Waals surface area contributed by atoms with E-state index >= 15 is 0 Å². The van der Waals surface area contributed by atoms with E-state index in [9.17, 15) is 4.79 Å². The average molecular weight is 315 g/mol. The minimum absolute atomic E-state index is 0.102. The lowest BCUT2D eigenvalue weighted by molar-refractivity contribution is -0.118. The fourth-order valence-corrected chi connectivity index (χ4v) is 2.90. The lowest BCUT2D eigenvalue weighted by Crippen LogP contribution is -2.27. The highest BCUT2D eigenvalue weighted by Crippen LogP contribution is 2.29. The van der Waals surface area contributed by atoms with Crippen LogP contribution in [0.2, 0.25) is 0 Å². The molecule has 1 fully saturated rings. The Morgan fingerprint density at radius 2 is 2.29 bits per heavy atom. The van der Waals surface area contributed by atoms with Crippen molar-refractivity contribution < 1.29 is 4.79 Å². The lowest BCUT2D eigenvalue weighted by atomic mass is 10.3. The Kier molecular flexibility index (Phi) is 4.34. The van der Waals surface area contributed by atoms with E-state index in [0.29, 0.717) is 5.75 Å². The van der Waals surface area contributed by atoms with E-state index in [-0.39, 0.29) is 5.91 Å². The van der Waals surface area contributed by atoms with Gasteiger partial charge in [0.25, 0.3) is 0 Å². The van der Waals surface area contributed by atoms with Crippen LogP contribution in [0.25, 0.3) is 0 Å². The Hall–Kier alpha value is -0.680. The molecule has 3 nitrogen and oxygen atoms in total. The number of hydrogen-bond acceptors (Lipinski definition) is 3. The lowest BCUT2D eigenvalue weighted by Gasteiger charge is -2.06. The number of nitrogen functional groups attached to an aromatic ring is 1. The summed E-state index contributed by atoms with van der Waals surface area (Å²) < 4.78 is 0.942. The Balaban J connectivity index is 1.77. The molecule has 2 rings (SSSR count). The molecule has 1 aromatic rings. The number of benzene rings is 1. The van der Waals surface area contributed by atoms with Gasteiger partial charge < -0.3 is 11.1 Å². The Morgan fingerprint density at radius 3 is 2.94 bits per heavy atom. The first-order valence-corrected chi connectivity index (χ1v) is 7.37.